The Morgan fingerprint density at radius 1 is 1.28 bits per heavy atom. The Balaban J connectivity index is 2.65. The van der Waals surface area contributed by atoms with Gasteiger partial charge in [0.1, 0.15) is 17.3 Å². The lowest BCUT2D eigenvalue weighted by molar-refractivity contribution is -0.117. The first-order valence-corrected chi connectivity index (χ1v) is 8.94. The van der Waals surface area contributed by atoms with Crippen molar-refractivity contribution < 1.29 is 18.7 Å². The number of aliphatic imine (C=N–C) groups is 1. The monoisotopic (exact) mass is 400 g/mol. The molecule has 5 N–H and O–H groups in total. The first-order chi connectivity index (χ1) is 13.9. The average Bonchev–Trinajstić information content (AvgIpc) is 2.72. The van der Waals surface area contributed by atoms with Gasteiger partial charge in [-0.3, -0.25) is 9.79 Å². The summed E-state index contributed by atoms with van der Waals surface area (Å²) in [5.74, 6) is -0.480. The Morgan fingerprint density at radius 2 is 2.00 bits per heavy atom. The molecule has 8 heteroatoms. The molecular formula is C21H25FN4O3. The molecule has 2 aromatic carbocycles. The summed E-state index contributed by atoms with van der Waals surface area (Å²) in [6, 6.07) is 7.70. The molecule has 0 aliphatic carbocycles. The van der Waals surface area contributed by atoms with E-state index in [2.05, 4.69) is 17.0 Å². The molecule has 0 bridgehead atoms. The van der Waals surface area contributed by atoms with Crippen molar-refractivity contribution >= 4 is 24.0 Å². The third kappa shape index (κ3) is 4.48. The number of carbonyl (C=O) groups is 1. The number of nitrogen functional groups attached to an aromatic ring is 1. The molecule has 0 atom stereocenters. The number of nitrogens with two attached hydrogens (primary N) is 2. The zero-order chi connectivity index (χ0) is 21.6. The van der Waals surface area contributed by atoms with Crippen molar-refractivity contribution in [3.63, 3.8) is 0 Å². The van der Waals surface area contributed by atoms with Crippen LogP contribution in [0.3, 0.4) is 0 Å². The summed E-state index contributed by atoms with van der Waals surface area (Å²) < 4.78 is 25.2. The molecule has 2 rings (SSSR count). The van der Waals surface area contributed by atoms with Crippen molar-refractivity contribution in [3.05, 3.63) is 47.4 Å². The maximum absolute atomic E-state index is 14.8. The zero-order valence-corrected chi connectivity index (χ0v) is 16.7. The van der Waals surface area contributed by atoms with Crippen molar-refractivity contribution in [2.24, 2.45) is 10.7 Å². The summed E-state index contributed by atoms with van der Waals surface area (Å²) >= 11 is 0. The lowest BCUT2D eigenvalue weighted by Gasteiger charge is -2.17. The lowest BCUT2D eigenvalue weighted by Crippen LogP contribution is -2.26. The Morgan fingerprint density at radius 3 is 2.59 bits per heavy atom. The maximum Gasteiger partial charge on any atom is 0.272 e. The van der Waals surface area contributed by atoms with E-state index in [1.165, 1.54) is 20.3 Å². The van der Waals surface area contributed by atoms with Crippen LogP contribution in [-0.4, -0.2) is 33.4 Å². The van der Waals surface area contributed by atoms with Gasteiger partial charge in [-0.2, -0.15) is 0 Å². The minimum Gasteiger partial charge on any atom is -0.497 e. The molecule has 0 radical (unpaired) electrons. The summed E-state index contributed by atoms with van der Waals surface area (Å²) in [5.41, 5.74) is 13.5. The van der Waals surface area contributed by atoms with Gasteiger partial charge in [-0.15, -0.1) is 0 Å². The molecule has 0 aromatic heterocycles. The zero-order valence-electron chi connectivity index (χ0n) is 16.7. The Bertz CT molecular complexity index is 957. The Kier molecular flexibility index (Phi) is 7.19. The number of anilines is 1. The van der Waals surface area contributed by atoms with Gasteiger partial charge in [0.05, 0.1) is 25.5 Å². The number of benzene rings is 2. The Labute approximate surface area is 169 Å². The fourth-order valence-corrected chi connectivity index (χ4v) is 2.85. The first-order valence-electron chi connectivity index (χ1n) is 8.94. The van der Waals surface area contributed by atoms with E-state index in [1.54, 1.807) is 24.3 Å². The maximum atomic E-state index is 14.8. The SMILES string of the molecule is C=N/C(C(=O)NCCC)=C(/N)c1cccc(-c2c(F)cc(OC)cc2OC)c1N. The van der Waals surface area contributed by atoms with Crippen LogP contribution >= 0.6 is 0 Å². The van der Waals surface area contributed by atoms with E-state index < -0.39 is 11.7 Å². The van der Waals surface area contributed by atoms with Gasteiger partial charge in [-0.25, -0.2) is 4.39 Å². The van der Waals surface area contributed by atoms with Crippen molar-refractivity contribution in [3.8, 4) is 22.6 Å². The van der Waals surface area contributed by atoms with Crippen LogP contribution in [0.1, 0.15) is 18.9 Å². The van der Waals surface area contributed by atoms with Crippen LogP contribution in [0.25, 0.3) is 16.8 Å². The van der Waals surface area contributed by atoms with Gasteiger partial charge in [0.25, 0.3) is 5.91 Å². The molecule has 0 unspecified atom stereocenters. The highest BCUT2D eigenvalue weighted by molar-refractivity contribution is 6.03. The van der Waals surface area contributed by atoms with Crippen LogP contribution in [0.4, 0.5) is 10.1 Å². The molecule has 154 valence electrons. The van der Waals surface area contributed by atoms with E-state index >= 15 is 0 Å². The smallest absolute Gasteiger partial charge is 0.272 e. The van der Waals surface area contributed by atoms with Gasteiger partial charge in [-0.05, 0) is 13.1 Å². The summed E-state index contributed by atoms with van der Waals surface area (Å²) in [4.78, 5) is 16.1. The van der Waals surface area contributed by atoms with Gasteiger partial charge >= 0.3 is 0 Å². The number of halogens is 1. The second-order valence-corrected chi connectivity index (χ2v) is 6.13. The molecule has 29 heavy (non-hydrogen) atoms. The molecule has 0 fully saturated rings. The van der Waals surface area contributed by atoms with E-state index in [0.717, 1.165) is 6.42 Å². The van der Waals surface area contributed by atoms with Crippen LogP contribution < -0.4 is 26.3 Å². The van der Waals surface area contributed by atoms with Crippen LogP contribution in [0, 0.1) is 5.82 Å². The number of carbonyl (C=O) groups excluding carboxylic acids is 1. The summed E-state index contributed by atoms with van der Waals surface area (Å²) in [7, 11) is 2.85. The predicted molar refractivity (Wildman–Crippen MR) is 113 cm³/mol. The Hall–Kier alpha value is -3.55. The van der Waals surface area contributed by atoms with Gasteiger partial charge in [0.15, 0.2) is 5.70 Å². The second kappa shape index (κ2) is 9.59. The van der Waals surface area contributed by atoms with Crippen LogP contribution in [0.15, 0.2) is 41.0 Å². The highest BCUT2D eigenvalue weighted by atomic mass is 19.1. The number of methoxy groups -OCH3 is 2. The highest BCUT2D eigenvalue weighted by Crippen LogP contribution is 2.40. The molecule has 7 nitrogen and oxygen atoms in total. The molecule has 0 saturated carbocycles. The van der Waals surface area contributed by atoms with Gasteiger partial charge < -0.3 is 26.3 Å². The molecule has 1 amide bonds. The molecule has 0 aliphatic heterocycles. The number of para-hydroxylation sites is 1. The summed E-state index contributed by atoms with van der Waals surface area (Å²) in [6.45, 7) is 5.81. The lowest BCUT2D eigenvalue weighted by atomic mass is 9.97. The minimum atomic E-state index is -0.574. The quantitative estimate of drug-likeness (QED) is 0.358. The average molecular weight is 400 g/mol. The largest absolute Gasteiger partial charge is 0.497 e. The standard InChI is InChI=1S/C21H25FN4O3/c1-5-9-26-21(27)20(25-2)19(24)14-8-6-7-13(18(14)23)17-15(22)10-12(28-3)11-16(17)29-4/h6-8,10-11H,2,5,9,23-24H2,1,3-4H3,(H,26,27)/b20-19+. The van der Waals surface area contributed by atoms with Crippen molar-refractivity contribution in [2.75, 3.05) is 26.5 Å². The fraction of sp³-hybridized carbons (Fsp3) is 0.238. The molecule has 0 spiro atoms. The molecule has 0 aliphatic rings. The number of nitrogens with one attached hydrogen (secondary N) is 1. The van der Waals surface area contributed by atoms with Crippen molar-refractivity contribution in [2.45, 2.75) is 13.3 Å². The number of nitrogens with zero attached hydrogens (tertiary/aromatic N) is 1. The van der Waals surface area contributed by atoms with E-state index in [4.69, 9.17) is 20.9 Å². The summed E-state index contributed by atoms with van der Waals surface area (Å²) in [5, 5.41) is 2.69. The second-order valence-electron chi connectivity index (χ2n) is 6.13. The fourth-order valence-electron chi connectivity index (χ4n) is 2.85. The van der Waals surface area contributed by atoms with E-state index in [-0.39, 0.29) is 28.4 Å². The first kappa shape index (κ1) is 21.7. The van der Waals surface area contributed by atoms with Gasteiger partial charge in [-0.1, -0.05) is 25.1 Å². The number of ether oxygens (including phenoxy) is 2. The van der Waals surface area contributed by atoms with E-state index in [9.17, 15) is 9.18 Å². The van der Waals surface area contributed by atoms with Crippen molar-refractivity contribution in [1.29, 1.82) is 0 Å². The van der Waals surface area contributed by atoms with Crippen molar-refractivity contribution in [1.82, 2.24) is 5.32 Å². The minimum absolute atomic E-state index is 0.0424. The predicted octanol–water partition coefficient (Wildman–Crippen LogP) is 2.95. The molecule has 0 saturated heterocycles. The van der Waals surface area contributed by atoms with Crippen LogP contribution in [0.5, 0.6) is 11.5 Å². The third-order valence-electron chi connectivity index (χ3n) is 4.31. The van der Waals surface area contributed by atoms with Crippen LogP contribution in [0.2, 0.25) is 0 Å². The van der Waals surface area contributed by atoms with Gasteiger partial charge in [0, 0.05) is 35.5 Å². The summed E-state index contributed by atoms with van der Waals surface area (Å²) in [6.07, 6.45) is 0.754. The normalized spacial score (nSPS) is 11.4. The molecular weight excluding hydrogens is 375 g/mol. The number of hydrogen-bond donors (Lipinski definition) is 3. The molecule has 0 heterocycles. The highest BCUT2D eigenvalue weighted by Gasteiger charge is 2.21. The number of hydrogen-bond acceptors (Lipinski definition) is 6. The van der Waals surface area contributed by atoms with E-state index in [1.807, 2.05) is 6.92 Å². The third-order valence-corrected chi connectivity index (χ3v) is 4.31. The number of amides is 1. The topological polar surface area (TPSA) is 112 Å². The van der Waals surface area contributed by atoms with E-state index in [0.29, 0.717) is 23.4 Å². The number of rotatable bonds is 8. The van der Waals surface area contributed by atoms with Crippen LogP contribution in [-0.2, 0) is 4.79 Å². The molecule has 2 aromatic rings. The van der Waals surface area contributed by atoms with Gasteiger partial charge in [0.2, 0.25) is 0 Å².